The maximum Gasteiger partial charge on any atom is 0.410 e. The van der Waals surface area contributed by atoms with E-state index in [0.717, 1.165) is 36.2 Å². The van der Waals surface area contributed by atoms with Crippen molar-refractivity contribution in [3.8, 4) is 12.1 Å². The van der Waals surface area contributed by atoms with Crippen molar-refractivity contribution in [3.63, 3.8) is 0 Å². The van der Waals surface area contributed by atoms with Crippen LogP contribution in [0.25, 0.3) is 16.4 Å². The number of nitrogens with zero attached hydrogens (tertiary/aromatic N) is 8. The summed E-state index contributed by atoms with van der Waals surface area (Å²) < 4.78 is 13.7. The van der Waals surface area contributed by atoms with Crippen LogP contribution in [0.5, 0.6) is 6.01 Å². The number of amides is 1. The molecule has 7 rings (SSSR count). The summed E-state index contributed by atoms with van der Waals surface area (Å²) in [4.78, 5) is 28.9. The second-order valence-electron chi connectivity index (χ2n) is 12.3. The fourth-order valence-corrected chi connectivity index (χ4v) is 6.58. The molecule has 0 N–H and O–H groups in total. The normalized spacial score (nSPS) is 18.5. The van der Waals surface area contributed by atoms with Crippen LogP contribution < -0.4 is 9.64 Å². The van der Waals surface area contributed by atoms with E-state index in [0.29, 0.717) is 50.2 Å². The predicted molar refractivity (Wildman–Crippen MR) is 178 cm³/mol. The number of piperazine rings is 1. The number of carbonyl (C=O) groups excluding carboxylic acids is 1. The lowest BCUT2D eigenvalue weighted by atomic mass is 10.0. The van der Waals surface area contributed by atoms with Crippen LogP contribution in [0.2, 0.25) is 0 Å². The molecule has 5 aromatic rings. The van der Waals surface area contributed by atoms with Crippen LogP contribution in [-0.4, -0.2) is 87.4 Å². The topological polar surface area (TPSA) is 112 Å². The van der Waals surface area contributed by atoms with Crippen LogP contribution in [0.4, 0.5) is 10.6 Å². The molecule has 47 heavy (non-hydrogen) atoms. The van der Waals surface area contributed by atoms with Crippen LogP contribution in [-0.2, 0) is 17.8 Å². The molecule has 0 saturated carbocycles. The molecule has 11 nitrogen and oxygen atoms in total. The van der Waals surface area contributed by atoms with E-state index >= 15 is 0 Å². The van der Waals surface area contributed by atoms with Gasteiger partial charge in [-0.05, 0) is 48.3 Å². The van der Waals surface area contributed by atoms with Crippen molar-refractivity contribution < 1.29 is 14.3 Å². The van der Waals surface area contributed by atoms with E-state index in [2.05, 4.69) is 53.2 Å². The first-order valence-corrected chi connectivity index (χ1v) is 16.2. The molecular formula is C36H38N8O3. The summed E-state index contributed by atoms with van der Waals surface area (Å²) in [7, 11) is 2.12. The number of imidazole rings is 1. The molecule has 2 aromatic heterocycles. The number of carbonyl (C=O) groups is 1. The van der Waals surface area contributed by atoms with Gasteiger partial charge in [-0.2, -0.15) is 10.2 Å². The quantitative estimate of drug-likeness (QED) is 0.220. The number of rotatable bonds is 9. The molecule has 4 heterocycles. The highest BCUT2D eigenvalue weighted by molar-refractivity contribution is 5.83. The summed E-state index contributed by atoms with van der Waals surface area (Å²) >= 11 is 0. The van der Waals surface area contributed by atoms with Crippen LogP contribution in [0.3, 0.4) is 0 Å². The molecule has 3 aromatic carbocycles. The average Bonchev–Trinajstić information content (AvgIpc) is 3.71. The Labute approximate surface area is 273 Å². The number of benzene rings is 3. The van der Waals surface area contributed by atoms with Crippen LogP contribution in [0.1, 0.15) is 36.1 Å². The lowest BCUT2D eigenvalue weighted by Gasteiger charge is -2.40. The molecule has 0 bridgehead atoms. The molecule has 2 saturated heterocycles. The van der Waals surface area contributed by atoms with E-state index < -0.39 is 6.09 Å². The molecular weight excluding hydrogens is 592 g/mol. The lowest BCUT2D eigenvalue weighted by molar-refractivity contribution is 0.0768. The van der Waals surface area contributed by atoms with Gasteiger partial charge in [0.15, 0.2) is 11.5 Å². The predicted octanol–water partition coefficient (Wildman–Crippen LogP) is 5.08. The summed E-state index contributed by atoms with van der Waals surface area (Å²) in [5, 5.41) is 16.9. The van der Waals surface area contributed by atoms with Crippen LogP contribution in [0, 0.1) is 11.3 Å². The van der Waals surface area contributed by atoms with Gasteiger partial charge in [0.05, 0.1) is 30.4 Å². The summed E-state index contributed by atoms with van der Waals surface area (Å²) in [6, 6.07) is 26.9. The van der Waals surface area contributed by atoms with Gasteiger partial charge in [0.25, 0.3) is 0 Å². The number of hydrogen-bond donors (Lipinski definition) is 0. The zero-order valence-electron chi connectivity index (χ0n) is 26.5. The molecule has 0 unspecified atom stereocenters. The third-order valence-corrected chi connectivity index (χ3v) is 9.22. The molecule has 2 fully saturated rings. The SMILES string of the molecule is CN1CCC[C@H]1COc1nc(N2CCN(C(=O)OCc3ccccc3)[C@@H](CC#N)C2)c2ncc(Cc3ccc4ccccc4c3)n2n1. The Morgan fingerprint density at radius 1 is 0.979 bits per heavy atom. The van der Waals surface area contributed by atoms with E-state index in [9.17, 15) is 10.1 Å². The smallest absolute Gasteiger partial charge is 0.410 e. The molecule has 11 heteroatoms. The molecule has 2 aliphatic heterocycles. The van der Waals surface area contributed by atoms with Crippen molar-refractivity contribution in [1.82, 2.24) is 29.4 Å². The highest BCUT2D eigenvalue weighted by Gasteiger charge is 2.34. The Balaban J connectivity index is 1.16. The Morgan fingerprint density at radius 2 is 1.81 bits per heavy atom. The van der Waals surface area contributed by atoms with Crippen LogP contribution in [0.15, 0.2) is 79.0 Å². The van der Waals surface area contributed by atoms with Gasteiger partial charge >= 0.3 is 12.1 Å². The van der Waals surface area contributed by atoms with Crippen molar-refractivity contribution in [2.45, 2.75) is 44.4 Å². The molecule has 2 aliphatic rings. The fraction of sp³-hybridized carbons (Fsp3) is 0.361. The van der Waals surface area contributed by atoms with Gasteiger partial charge in [0.1, 0.15) is 13.2 Å². The van der Waals surface area contributed by atoms with Crippen molar-refractivity contribution in [1.29, 1.82) is 5.26 Å². The number of aromatic nitrogens is 4. The second-order valence-corrected chi connectivity index (χ2v) is 12.3. The largest absolute Gasteiger partial charge is 0.461 e. The van der Waals surface area contributed by atoms with E-state index in [-0.39, 0.29) is 25.1 Å². The average molecular weight is 631 g/mol. The minimum Gasteiger partial charge on any atom is -0.461 e. The second kappa shape index (κ2) is 13.6. The first-order chi connectivity index (χ1) is 23.1. The van der Waals surface area contributed by atoms with Crippen molar-refractivity contribution >= 4 is 28.3 Å². The van der Waals surface area contributed by atoms with Gasteiger partial charge in [-0.1, -0.05) is 72.8 Å². The number of ether oxygens (including phenoxy) is 2. The maximum absolute atomic E-state index is 13.2. The van der Waals surface area contributed by atoms with E-state index in [1.165, 1.54) is 10.8 Å². The van der Waals surface area contributed by atoms with Gasteiger partial charge in [0, 0.05) is 32.1 Å². The number of anilines is 1. The summed E-state index contributed by atoms with van der Waals surface area (Å²) in [5.74, 6) is 0.625. The van der Waals surface area contributed by atoms with Gasteiger partial charge in [-0.15, -0.1) is 5.10 Å². The fourth-order valence-electron chi connectivity index (χ4n) is 6.58. The Morgan fingerprint density at radius 3 is 2.62 bits per heavy atom. The van der Waals surface area contributed by atoms with Gasteiger partial charge < -0.3 is 24.2 Å². The first kappa shape index (κ1) is 30.4. The lowest BCUT2D eigenvalue weighted by Crippen LogP contribution is -2.55. The Kier molecular flexibility index (Phi) is 8.84. The number of likely N-dealkylation sites (N-methyl/N-ethyl adjacent to an activating group) is 1. The van der Waals surface area contributed by atoms with Crippen LogP contribution >= 0.6 is 0 Å². The number of likely N-dealkylation sites (tertiary alicyclic amines) is 1. The van der Waals surface area contributed by atoms with Gasteiger partial charge in [-0.25, -0.2) is 14.3 Å². The first-order valence-electron chi connectivity index (χ1n) is 16.2. The number of nitriles is 1. The van der Waals surface area contributed by atoms with E-state index in [4.69, 9.17) is 24.5 Å². The molecule has 0 aliphatic carbocycles. The standard InChI is InChI=1S/C36H38N8O3/c1-41-17-7-12-31(41)25-46-35-39-34(33-38-22-32(44(33)40-35)21-27-13-14-28-10-5-6-11-29(28)20-27)42-18-19-43(30(23-42)15-16-37)36(45)47-24-26-8-3-2-4-9-26/h2-6,8-11,13-14,20,22,30-31H,7,12,15,17-19,21,23-25H2,1H3/t30-,31-/m0/s1. The van der Waals surface area contributed by atoms with Gasteiger partial charge in [0.2, 0.25) is 0 Å². The Bertz CT molecular complexity index is 1910. The zero-order chi connectivity index (χ0) is 32.2. The van der Waals surface area contributed by atoms with Crippen molar-refractivity contribution in [2.24, 2.45) is 0 Å². The third kappa shape index (κ3) is 6.69. The highest BCUT2D eigenvalue weighted by Crippen LogP contribution is 2.27. The Hall–Kier alpha value is -5.21. The highest BCUT2D eigenvalue weighted by atomic mass is 16.6. The summed E-state index contributed by atoms with van der Waals surface area (Å²) in [5.41, 5.74) is 3.59. The molecule has 0 radical (unpaired) electrons. The van der Waals surface area contributed by atoms with Gasteiger partial charge in [-0.3, -0.25) is 0 Å². The third-order valence-electron chi connectivity index (χ3n) is 9.22. The number of fused-ring (bicyclic) bond motifs is 2. The summed E-state index contributed by atoms with van der Waals surface area (Å²) in [6.07, 6.45) is 4.43. The number of hydrogen-bond acceptors (Lipinski definition) is 9. The van der Waals surface area contributed by atoms with Crippen molar-refractivity contribution in [3.05, 3.63) is 95.8 Å². The molecule has 240 valence electrons. The molecule has 2 atom stereocenters. The maximum atomic E-state index is 13.2. The van der Waals surface area contributed by atoms with E-state index in [1.807, 2.05) is 53.2 Å². The monoisotopic (exact) mass is 630 g/mol. The minimum atomic E-state index is -0.426. The minimum absolute atomic E-state index is 0.164. The zero-order valence-corrected chi connectivity index (χ0v) is 26.5. The molecule has 1 amide bonds. The summed E-state index contributed by atoms with van der Waals surface area (Å²) in [6.45, 7) is 2.99. The molecule has 0 spiro atoms. The van der Waals surface area contributed by atoms with E-state index in [1.54, 1.807) is 4.90 Å². The van der Waals surface area contributed by atoms with Crippen molar-refractivity contribution in [2.75, 3.05) is 44.7 Å².